The highest BCUT2D eigenvalue weighted by molar-refractivity contribution is 7.15. The van der Waals surface area contributed by atoms with E-state index < -0.39 is 6.10 Å². The lowest BCUT2D eigenvalue weighted by molar-refractivity contribution is -0.115. The minimum atomic E-state index is -0.758. The van der Waals surface area contributed by atoms with Crippen LogP contribution in [0.25, 0.3) is 0 Å². The summed E-state index contributed by atoms with van der Waals surface area (Å²) in [6, 6.07) is 13.6. The summed E-state index contributed by atoms with van der Waals surface area (Å²) in [5, 5.41) is 13.3. The number of aromatic nitrogens is 2. The van der Waals surface area contributed by atoms with Crippen LogP contribution in [-0.2, 0) is 17.6 Å². The lowest BCUT2D eigenvalue weighted by Crippen LogP contribution is -2.18. The number of amides is 1. The van der Waals surface area contributed by atoms with E-state index in [1.807, 2.05) is 32.0 Å². The van der Waals surface area contributed by atoms with E-state index in [1.165, 1.54) is 16.9 Å². The van der Waals surface area contributed by atoms with E-state index in [1.54, 1.807) is 25.3 Å². The second-order valence-electron chi connectivity index (χ2n) is 7.01. The molecule has 2 N–H and O–H groups in total. The molecule has 152 valence electrons. The first-order valence-electron chi connectivity index (χ1n) is 9.51. The van der Waals surface area contributed by atoms with Gasteiger partial charge in [-0.05, 0) is 26.3 Å². The van der Waals surface area contributed by atoms with Crippen molar-refractivity contribution in [2.45, 2.75) is 45.8 Å². The second kappa shape index (κ2) is 9.62. The summed E-state index contributed by atoms with van der Waals surface area (Å²) in [6.45, 7) is 5.57. The van der Waals surface area contributed by atoms with E-state index in [-0.39, 0.29) is 18.4 Å². The van der Waals surface area contributed by atoms with Gasteiger partial charge in [-0.15, -0.1) is 11.3 Å². The van der Waals surface area contributed by atoms with Crippen molar-refractivity contribution in [3.8, 4) is 5.75 Å². The molecule has 0 radical (unpaired) electrons. The third-order valence-corrected chi connectivity index (χ3v) is 5.04. The van der Waals surface area contributed by atoms with Crippen LogP contribution in [-0.4, -0.2) is 27.1 Å². The Morgan fingerprint density at radius 2 is 2.00 bits per heavy atom. The molecule has 0 saturated carbocycles. The molecule has 0 aliphatic carbocycles. The number of pyridine rings is 1. The number of carbonyl (C=O) groups is 1. The first-order chi connectivity index (χ1) is 13.9. The number of rotatable bonds is 8. The molecule has 0 saturated heterocycles. The number of hydrogen-bond acceptors (Lipinski definition) is 6. The molecule has 0 spiro atoms. The SMILES string of the molecule is Cc1cnc(NC(=O)Cc2cc(O[C@@H](C)Cc3ccccc3)cc(C(C)O)n2)s1. The fourth-order valence-corrected chi connectivity index (χ4v) is 3.60. The van der Waals surface area contributed by atoms with Gasteiger partial charge in [-0.3, -0.25) is 9.78 Å². The van der Waals surface area contributed by atoms with Crippen molar-refractivity contribution in [1.29, 1.82) is 0 Å². The number of anilines is 1. The normalized spacial score (nSPS) is 13.0. The average molecular weight is 412 g/mol. The molecule has 0 fully saturated rings. The lowest BCUT2D eigenvalue weighted by Gasteiger charge is -2.17. The minimum Gasteiger partial charge on any atom is -0.490 e. The van der Waals surface area contributed by atoms with E-state index in [0.29, 0.717) is 22.3 Å². The molecule has 1 aromatic carbocycles. The number of benzene rings is 1. The number of nitrogens with zero attached hydrogens (tertiary/aromatic N) is 2. The highest BCUT2D eigenvalue weighted by Gasteiger charge is 2.14. The molecule has 1 amide bonds. The van der Waals surface area contributed by atoms with E-state index in [0.717, 1.165) is 11.3 Å². The van der Waals surface area contributed by atoms with Crippen molar-refractivity contribution in [2.24, 2.45) is 0 Å². The summed E-state index contributed by atoms with van der Waals surface area (Å²) in [6.07, 6.45) is 1.72. The molecule has 0 aliphatic heterocycles. The van der Waals surface area contributed by atoms with E-state index in [4.69, 9.17) is 4.74 Å². The molecule has 6 nitrogen and oxygen atoms in total. The van der Waals surface area contributed by atoms with Gasteiger partial charge >= 0.3 is 0 Å². The Morgan fingerprint density at radius 1 is 1.24 bits per heavy atom. The number of aryl methyl sites for hydroxylation is 1. The van der Waals surface area contributed by atoms with Crippen LogP contribution in [0, 0.1) is 6.92 Å². The summed E-state index contributed by atoms with van der Waals surface area (Å²) in [5.41, 5.74) is 2.20. The number of aliphatic hydroxyl groups is 1. The van der Waals surface area contributed by atoms with Crippen molar-refractivity contribution >= 4 is 22.4 Å². The molecule has 7 heteroatoms. The zero-order valence-electron chi connectivity index (χ0n) is 16.8. The van der Waals surface area contributed by atoms with Crippen LogP contribution in [0.4, 0.5) is 5.13 Å². The lowest BCUT2D eigenvalue weighted by atomic mass is 10.1. The molecular formula is C22H25N3O3S. The summed E-state index contributed by atoms with van der Waals surface area (Å²) in [5.74, 6) is 0.380. The predicted molar refractivity (Wildman–Crippen MR) is 114 cm³/mol. The number of ether oxygens (including phenoxy) is 1. The topological polar surface area (TPSA) is 84.3 Å². The van der Waals surface area contributed by atoms with Crippen molar-refractivity contribution in [3.05, 3.63) is 70.5 Å². The fraction of sp³-hybridized carbons (Fsp3) is 0.318. The van der Waals surface area contributed by atoms with Gasteiger partial charge in [-0.25, -0.2) is 4.98 Å². The maximum atomic E-state index is 12.4. The van der Waals surface area contributed by atoms with Gasteiger partial charge in [0.15, 0.2) is 5.13 Å². The smallest absolute Gasteiger partial charge is 0.232 e. The molecule has 2 atom stereocenters. The van der Waals surface area contributed by atoms with E-state index >= 15 is 0 Å². The molecule has 2 aromatic heterocycles. The molecular weight excluding hydrogens is 386 g/mol. The van der Waals surface area contributed by atoms with E-state index in [9.17, 15) is 9.90 Å². The number of hydrogen-bond donors (Lipinski definition) is 2. The van der Waals surface area contributed by atoms with Crippen LogP contribution >= 0.6 is 11.3 Å². The summed E-state index contributed by atoms with van der Waals surface area (Å²) < 4.78 is 6.06. The van der Waals surface area contributed by atoms with Gasteiger partial charge in [0, 0.05) is 29.6 Å². The maximum Gasteiger partial charge on any atom is 0.232 e. The maximum absolute atomic E-state index is 12.4. The Kier molecular flexibility index (Phi) is 6.95. The van der Waals surface area contributed by atoms with Crippen molar-refractivity contribution in [1.82, 2.24) is 9.97 Å². The van der Waals surface area contributed by atoms with Crippen LogP contribution < -0.4 is 10.1 Å². The number of carbonyl (C=O) groups excluding carboxylic acids is 1. The molecule has 0 aliphatic rings. The number of aliphatic hydroxyl groups excluding tert-OH is 1. The Hall–Kier alpha value is -2.77. The average Bonchev–Trinajstić information content (AvgIpc) is 3.06. The Morgan fingerprint density at radius 3 is 2.66 bits per heavy atom. The monoisotopic (exact) mass is 411 g/mol. The van der Waals surface area contributed by atoms with Crippen molar-refractivity contribution in [2.75, 3.05) is 5.32 Å². The summed E-state index contributed by atoms with van der Waals surface area (Å²) in [7, 11) is 0. The van der Waals surface area contributed by atoms with Gasteiger partial charge in [0.05, 0.1) is 30.0 Å². The van der Waals surface area contributed by atoms with Gasteiger partial charge < -0.3 is 15.2 Å². The predicted octanol–water partition coefficient (Wildman–Crippen LogP) is 4.09. The van der Waals surface area contributed by atoms with Gasteiger partial charge in [-0.1, -0.05) is 30.3 Å². The van der Waals surface area contributed by atoms with E-state index in [2.05, 4.69) is 27.4 Å². The Balaban J connectivity index is 1.70. The third-order valence-electron chi connectivity index (χ3n) is 4.21. The fourth-order valence-electron chi connectivity index (χ4n) is 2.92. The van der Waals surface area contributed by atoms with Crippen LogP contribution in [0.5, 0.6) is 5.75 Å². The van der Waals surface area contributed by atoms with Crippen molar-refractivity contribution < 1.29 is 14.6 Å². The molecule has 1 unspecified atom stereocenters. The summed E-state index contributed by atoms with van der Waals surface area (Å²) in [4.78, 5) is 21.9. The largest absolute Gasteiger partial charge is 0.490 e. The molecule has 3 aromatic rings. The van der Waals surface area contributed by atoms with Crippen LogP contribution in [0.2, 0.25) is 0 Å². The second-order valence-corrected chi connectivity index (χ2v) is 8.25. The number of thiazole rings is 1. The highest BCUT2D eigenvalue weighted by Crippen LogP contribution is 2.22. The summed E-state index contributed by atoms with van der Waals surface area (Å²) >= 11 is 1.42. The first kappa shape index (κ1) is 21.0. The first-order valence-corrected chi connectivity index (χ1v) is 10.3. The van der Waals surface area contributed by atoms with Gasteiger partial charge in [0.2, 0.25) is 5.91 Å². The zero-order chi connectivity index (χ0) is 20.8. The zero-order valence-corrected chi connectivity index (χ0v) is 17.6. The van der Waals surface area contributed by atoms with Crippen LogP contribution in [0.1, 0.15) is 41.8 Å². The quantitative estimate of drug-likeness (QED) is 0.583. The third kappa shape index (κ3) is 6.37. The standard InChI is InChI=1S/C22H25N3O3S/c1-14(9-17-7-5-4-6-8-17)28-19-10-18(24-20(12-19)16(3)26)11-21(27)25-22-23-13-15(2)29-22/h4-8,10,12-14,16,26H,9,11H2,1-3H3,(H,23,25,27)/t14-,16?/m0/s1. The van der Waals surface area contributed by atoms with Crippen molar-refractivity contribution in [3.63, 3.8) is 0 Å². The molecule has 3 rings (SSSR count). The highest BCUT2D eigenvalue weighted by atomic mass is 32.1. The van der Waals surface area contributed by atoms with Crippen LogP contribution in [0.3, 0.4) is 0 Å². The number of nitrogens with one attached hydrogen (secondary N) is 1. The van der Waals surface area contributed by atoms with Gasteiger partial charge in [0.1, 0.15) is 5.75 Å². The Labute approximate surface area is 174 Å². The van der Waals surface area contributed by atoms with Gasteiger partial charge in [-0.2, -0.15) is 0 Å². The van der Waals surface area contributed by atoms with Gasteiger partial charge in [0.25, 0.3) is 0 Å². The molecule has 0 bridgehead atoms. The molecule has 2 heterocycles. The van der Waals surface area contributed by atoms with Crippen LogP contribution in [0.15, 0.2) is 48.7 Å². The minimum absolute atomic E-state index is 0.0679. The molecule has 29 heavy (non-hydrogen) atoms. The Bertz CT molecular complexity index is 957.